The Kier molecular flexibility index (Phi) is 11.1. The van der Waals surface area contributed by atoms with E-state index in [0.717, 1.165) is 18.1 Å². The van der Waals surface area contributed by atoms with E-state index in [9.17, 15) is 19.8 Å². The van der Waals surface area contributed by atoms with Gasteiger partial charge in [-0.2, -0.15) is 0 Å². The maximum atomic E-state index is 11.8. The number of hydrogen-bond donors (Lipinski definition) is 3. The van der Waals surface area contributed by atoms with E-state index in [1.807, 2.05) is 21.6 Å². The molecule has 1 aliphatic rings. The van der Waals surface area contributed by atoms with Crippen LogP contribution in [0.3, 0.4) is 0 Å². The van der Waals surface area contributed by atoms with E-state index in [-0.39, 0.29) is 37.0 Å². The van der Waals surface area contributed by atoms with Crippen LogP contribution in [0.15, 0.2) is 18.2 Å². The van der Waals surface area contributed by atoms with Gasteiger partial charge in [-0.15, -0.1) is 0 Å². The van der Waals surface area contributed by atoms with Gasteiger partial charge in [0.25, 0.3) is 0 Å². The zero-order valence-corrected chi connectivity index (χ0v) is 18.1. The first-order valence-electron chi connectivity index (χ1n) is 9.84. The molecule has 0 aromatic heterocycles. The quantitative estimate of drug-likeness (QED) is 0.185. The molecule has 1 saturated heterocycles. The third-order valence-electron chi connectivity index (χ3n) is 4.35. The van der Waals surface area contributed by atoms with Crippen molar-refractivity contribution in [2.75, 3.05) is 32.1 Å². The molecule has 1 aromatic rings. The van der Waals surface area contributed by atoms with E-state index in [1.165, 1.54) is 30.7 Å². The van der Waals surface area contributed by atoms with Gasteiger partial charge in [0.1, 0.15) is 6.61 Å². The van der Waals surface area contributed by atoms with Crippen LogP contribution >= 0.6 is 21.6 Å². The molecule has 1 fully saturated rings. The number of hydrogen-bond acceptors (Lipinski definition) is 8. The Morgan fingerprint density at radius 2 is 2.00 bits per heavy atom. The molecule has 1 aliphatic heterocycles. The Morgan fingerprint density at radius 1 is 1.14 bits per heavy atom. The number of phenolic OH excluding ortho intramolecular Hbond substituents is 2. The second-order valence-corrected chi connectivity index (χ2v) is 9.54. The van der Waals surface area contributed by atoms with Crippen LogP contribution in [0.4, 0.5) is 0 Å². The van der Waals surface area contributed by atoms with E-state index >= 15 is 0 Å². The van der Waals surface area contributed by atoms with Crippen LogP contribution in [-0.4, -0.2) is 59.5 Å². The van der Waals surface area contributed by atoms with Gasteiger partial charge in [0, 0.05) is 24.0 Å². The molecule has 0 saturated carbocycles. The zero-order chi connectivity index (χ0) is 20.9. The summed E-state index contributed by atoms with van der Waals surface area (Å²) in [5.74, 6) is 0.350. The fourth-order valence-electron chi connectivity index (χ4n) is 2.79. The van der Waals surface area contributed by atoms with E-state index in [2.05, 4.69) is 5.32 Å². The lowest BCUT2D eigenvalue weighted by Gasteiger charge is -2.09. The molecule has 0 aliphatic carbocycles. The van der Waals surface area contributed by atoms with Crippen molar-refractivity contribution >= 4 is 33.5 Å². The fourth-order valence-corrected chi connectivity index (χ4v) is 5.81. The first-order chi connectivity index (χ1) is 14.0. The number of phenols is 2. The molecule has 3 N–H and O–H groups in total. The molecule has 162 valence electrons. The van der Waals surface area contributed by atoms with Crippen LogP contribution in [0.5, 0.6) is 11.5 Å². The minimum atomic E-state index is -0.443. The second kappa shape index (κ2) is 13.6. The molecule has 0 spiro atoms. The van der Waals surface area contributed by atoms with E-state index in [4.69, 9.17) is 9.47 Å². The number of aromatic hydroxyl groups is 2. The highest BCUT2D eigenvalue weighted by molar-refractivity contribution is 8.77. The van der Waals surface area contributed by atoms with Crippen molar-refractivity contribution in [3.63, 3.8) is 0 Å². The van der Waals surface area contributed by atoms with Crippen molar-refractivity contribution in [2.45, 2.75) is 43.8 Å². The molecular weight excluding hydrogens is 414 g/mol. The Labute approximate surface area is 179 Å². The van der Waals surface area contributed by atoms with Crippen LogP contribution in [0, 0.1) is 0 Å². The smallest absolute Gasteiger partial charge is 0.310 e. The summed E-state index contributed by atoms with van der Waals surface area (Å²) in [5.41, 5.74) is 0.551. The molecule has 1 amide bonds. The van der Waals surface area contributed by atoms with Crippen LogP contribution < -0.4 is 5.32 Å². The van der Waals surface area contributed by atoms with Gasteiger partial charge in [0.2, 0.25) is 5.91 Å². The standard InChI is InChI=1S/C20H29NO6S2/c22-17-6-5-15(13-18(17)23)14-20(25)27-11-10-26-9-8-21-19(24)4-2-1-3-16-7-12-28-29-16/h5-6,13,16,22-23H,1-4,7-12,14H2,(H,21,24). The predicted octanol–water partition coefficient (Wildman–Crippen LogP) is 3.03. The molecule has 0 bridgehead atoms. The van der Waals surface area contributed by atoms with Gasteiger partial charge in [-0.05, 0) is 37.0 Å². The highest BCUT2D eigenvalue weighted by Crippen LogP contribution is 2.39. The number of esters is 1. The summed E-state index contributed by atoms with van der Waals surface area (Å²) in [4.78, 5) is 23.5. The highest BCUT2D eigenvalue weighted by atomic mass is 33.1. The number of unbranched alkanes of at least 4 members (excludes halogenated alkanes) is 1. The number of rotatable bonds is 13. The number of benzene rings is 1. The van der Waals surface area contributed by atoms with Crippen molar-refractivity contribution in [1.82, 2.24) is 5.32 Å². The van der Waals surface area contributed by atoms with E-state index in [1.54, 1.807) is 6.07 Å². The van der Waals surface area contributed by atoms with Crippen molar-refractivity contribution in [3.8, 4) is 11.5 Å². The first-order valence-corrected chi connectivity index (χ1v) is 12.2. The molecule has 9 heteroatoms. The summed E-state index contributed by atoms with van der Waals surface area (Å²) < 4.78 is 10.4. The number of nitrogens with one attached hydrogen (secondary N) is 1. The molecule has 0 radical (unpaired) electrons. The monoisotopic (exact) mass is 443 g/mol. The maximum absolute atomic E-state index is 11.8. The van der Waals surface area contributed by atoms with Gasteiger partial charge in [-0.3, -0.25) is 9.59 Å². The summed E-state index contributed by atoms with van der Waals surface area (Å²) >= 11 is 0. The molecule has 1 aromatic carbocycles. The van der Waals surface area contributed by atoms with Gasteiger partial charge in [0.05, 0.1) is 19.6 Å². The summed E-state index contributed by atoms with van der Waals surface area (Å²) in [7, 11) is 3.92. The molecule has 1 unspecified atom stereocenters. The third-order valence-corrected chi connectivity index (χ3v) is 7.36. The van der Waals surface area contributed by atoms with Crippen LogP contribution in [-0.2, 0) is 25.5 Å². The SMILES string of the molecule is O=C(CCCCC1CCSS1)NCCOCCOC(=O)Cc1ccc(O)c(O)c1. The van der Waals surface area contributed by atoms with Gasteiger partial charge < -0.3 is 25.0 Å². The lowest BCUT2D eigenvalue weighted by Crippen LogP contribution is -2.27. The molecule has 29 heavy (non-hydrogen) atoms. The van der Waals surface area contributed by atoms with Crippen molar-refractivity contribution in [2.24, 2.45) is 0 Å². The molecular formula is C20H29NO6S2. The van der Waals surface area contributed by atoms with Crippen molar-refractivity contribution in [1.29, 1.82) is 0 Å². The lowest BCUT2D eigenvalue weighted by molar-refractivity contribution is -0.144. The average molecular weight is 444 g/mol. The van der Waals surface area contributed by atoms with Crippen molar-refractivity contribution in [3.05, 3.63) is 23.8 Å². The number of carbonyl (C=O) groups is 2. The van der Waals surface area contributed by atoms with Crippen LogP contribution in [0.2, 0.25) is 0 Å². The Balaban J connectivity index is 1.40. The summed E-state index contributed by atoms with van der Waals surface area (Å²) in [6, 6.07) is 4.19. The summed E-state index contributed by atoms with van der Waals surface area (Å²) in [5, 5.41) is 22.2. The largest absolute Gasteiger partial charge is 0.504 e. The minimum Gasteiger partial charge on any atom is -0.504 e. The Morgan fingerprint density at radius 3 is 2.76 bits per heavy atom. The van der Waals surface area contributed by atoms with Gasteiger partial charge in [0.15, 0.2) is 11.5 Å². The minimum absolute atomic E-state index is 0.00215. The Bertz CT molecular complexity index is 652. The third kappa shape index (κ3) is 10.1. The molecule has 7 nitrogen and oxygen atoms in total. The number of amides is 1. The topological polar surface area (TPSA) is 105 Å². The zero-order valence-electron chi connectivity index (χ0n) is 16.4. The normalized spacial score (nSPS) is 15.9. The van der Waals surface area contributed by atoms with E-state index in [0.29, 0.717) is 25.1 Å². The maximum Gasteiger partial charge on any atom is 0.310 e. The molecule has 2 rings (SSSR count). The average Bonchev–Trinajstić information content (AvgIpc) is 3.21. The van der Waals surface area contributed by atoms with Crippen LogP contribution in [0.25, 0.3) is 0 Å². The predicted molar refractivity (Wildman–Crippen MR) is 115 cm³/mol. The highest BCUT2D eigenvalue weighted by Gasteiger charge is 2.15. The fraction of sp³-hybridized carbons (Fsp3) is 0.600. The van der Waals surface area contributed by atoms with E-state index < -0.39 is 5.97 Å². The first kappa shape index (κ1) is 23.7. The van der Waals surface area contributed by atoms with Gasteiger partial charge >= 0.3 is 5.97 Å². The number of ether oxygens (including phenoxy) is 2. The molecule has 1 heterocycles. The van der Waals surface area contributed by atoms with Crippen LogP contribution in [0.1, 0.15) is 37.7 Å². The number of carbonyl (C=O) groups excluding carboxylic acids is 2. The van der Waals surface area contributed by atoms with Crippen molar-refractivity contribution < 1.29 is 29.3 Å². The second-order valence-electron chi connectivity index (χ2n) is 6.76. The van der Waals surface area contributed by atoms with Gasteiger partial charge in [-0.25, -0.2) is 0 Å². The summed E-state index contributed by atoms with van der Waals surface area (Å²) in [6.07, 6.45) is 5.05. The lowest BCUT2D eigenvalue weighted by atomic mass is 10.1. The molecule has 1 atom stereocenters. The Hall–Kier alpha value is -1.58. The van der Waals surface area contributed by atoms with Gasteiger partial charge in [-0.1, -0.05) is 34.1 Å². The summed E-state index contributed by atoms with van der Waals surface area (Å²) in [6.45, 7) is 1.17.